The molecule has 2 bridgehead atoms. The monoisotopic (exact) mass is 270 g/mol. The van der Waals surface area contributed by atoms with Crippen molar-refractivity contribution >= 4 is 0 Å². The molecule has 3 heteroatoms. The summed E-state index contributed by atoms with van der Waals surface area (Å²) in [5.41, 5.74) is 1.80. The lowest BCUT2D eigenvalue weighted by molar-refractivity contribution is -0.482. The first kappa shape index (κ1) is 12.4. The van der Waals surface area contributed by atoms with Gasteiger partial charge in [0.1, 0.15) is 0 Å². The average Bonchev–Trinajstić information content (AvgIpc) is 3.27. The zero-order valence-corrected chi connectivity index (χ0v) is 11.6. The van der Waals surface area contributed by atoms with Gasteiger partial charge in [0.05, 0.1) is 19.8 Å². The summed E-state index contributed by atoms with van der Waals surface area (Å²) in [4.78, 5) is 0. The first-order chi connectivity index (χ1) is 9.67. The molecule has 3 nitrogen and oxygen atoms in total. The van der Waals surface area contributed by atoms with Gasteiger partial charge in [0.15, 0.2) is 0 Å². The van der Waals surface area contributed by atoms with Gasteiger partial charge in [0, 0.05) is 16.5 Å². The van der Waals surface area contributed by atoms with Crippen molar-refractivity contribution in [3.05, 3.63) is 35.4 Å². The Kier molecular flexibility index (Phi) is 2.53. The maximum Gasteiger partial charge on any atom is 0.312 e. The van der Waals surface area contributed by atoms with Gasteiger partial charge in [0.2, 0.25) is 0 Å². The molecule has 4 aliphatic rings. The summed E-state index contributed by atoms with van der Waals surface area (Å²) >= 11 is 0. The van der Waals surface area contributed by atoms with E-state index < -0.39 is 5.97 Å². The zero-order chi connectivity index (χ0) is 13.8. The van der Waals surface area contributed by atoms with Crippen LogP contribution in [0.4, 0.5) is 0 Å². The smallest absolute Gasteiger partial charge is 0.312 e. The third-order valence-electron chi connectivity index (χ3n) is 4.95. The van der Waals surface area contributed by atoms with E-state index in [2.05, 4.69) is 12.8 Å². The first-order valence-electron chi connectivity index (χ1n) is 7.16. The van der Waals surface area contributed by atoms with Gasteiger partial charge in [0.25, 0.3) is 0 Å². The zero-order valence-electron chi connectivity index (χ0n) is 11.6. The van der Waals surface area contributed by atoms with Gasteiger partial charge in [-0.05, 0) is 42.5 Å². The number of ether oxygens (including phenoxy) is 3. The van der Waals surface area contributed by atoms with Crippen LogP contribution in [0.2, 0.25) is 0 Å². The normalized spacial score (nSPS) is 42.2. The molecular formula is C17H18O3. The lowest BCUT2D eigenvalue weighted by Crippen LogP contribution is -2.59. The van der Waals surface area contributed by atoms with Crippen LogP contribution < -0.4 is 0 Å². The molecule has 0 N–H and O–H groups in total. The second-order valence-electron chi connectivity index (χ2n) is 6.33. The summed E-state index contributed by atoms with van der Waals surface area (Å²) in [6.07, 6.45) is 6.64. The van der Waals surface area contributed by atoms with E-state index in [9.17, 15) is 0 Å². The van der Waals surface area contributed by atoms with Gasteiger partial charge < -0.3 is 14.2 Å². The van der Waals surface area contributed by atoms with Crippen molar-refractivity contribution in [2.75, 3.05) is 19.8 Å². The van der Waals surface area contributed by atoms with Crippen LogP contribution in [-0.2, 0) is 20.2 Å². The third kappa shape index (κ3) is 1.66. The topological polar surface area (TPSA) is 27.7 Å². The van der Waals surface area contributed by atoms with Crippen molar-refractivity contribution in [1.29, 1.82) is 0 Å². The fraction of sp³-hybridized carbons (Fsp3) is 0.529. The van der Waals surface area contributed by atoms with Gasteiger partial charge >= 0.3 is 5.97 Å². The van der Waals surface area contributed by atoms with Crippen LogP contribution in [0.5, 0.6) is 0 Å². The van der Waals surface area contributed by atoms with Crippen LogP contribution in [0.15, 0.2) is 24.3 Å². The predicted octanol–water partition coefficient (Wildman–Crippen LogP) is 2.50. The number of rotatable bonds is 2. The van der Waals surface area contributed by atoms with E-state index in [-0.39, 0.29) is 5.41 Å². The van der Waals surface area contributed by atoms with Gasteiger partial charge in [-0.1, -0.05) is 12.8 Å². The van der Waals surface area contributed by atoms with Crippen LogP contribution >= 0.6 is 0 Å². The second-order valence-corrected chi connectivity index (χ2v) is 6.33. The number of hydrogen-bond donors (Lipinski definition) is 0. The van der Waals surface area contributed by atoms with Crippen molar-refractivity contribution in [2.45, 2.75) is 19.3 Å². The molecule has 2 unspecified atom stereocenters. The Morgan fingerprint density at radius 3 is 2.10 bits per heavy atom. The Labute approximate surface area is 119 Å². The predicted molar refractivity (Wildman–Crippen MR) is 73.6 cm³/mol. The molecule has 2 atom stereocenters. The first-order valence-corrected chi connectivity index (χ1v) is 7.16. The fourth-order valence-electron chi connectivity index (χ4n) is 3.48. The summed E-state index contributed by atoms with van der Waals surface area (Å²) < 4.78 is 17.9. The standard InChI is InChI=1S/C17H18O3/c1-3-13-4-6-14(7-5-13)17-18-9-16(10-19-17,11-20-17)15-8-12(15)2/h1,4-7,12,15H,8-11H2,2H3. The van der Waals surface area contributed by atoms with E-state index in [0.29, 0.717) is 5.92 Å². The van der Waals surface area contributed by atoms with Crippen molar-refractivity contribution in [1.82, 2.24) is 0 Å². The van der Waals surface area contributed by atoms with Gasteiger partial charge in [-0.15, -0.1) is 6.42 Å². The largest absolute Gasteiger partial charge is 0.323 e. The minimum absolute atomic E-state index is 0.0694. The molecule has 20 heavy (non-hydrogen) atoms. The van der Waals surface area contributed by atoms with Gasteiger partial charge in [-0.25, -0.2) is 0 Å². The molecule has 0 amide bonds. The molecular weight excluding hydrogens is 252 g/mol. The molecule has 1 aromatic rings. The molecule has 1 aromatic carbocycles. The summed E-state index contributed by atoms with van der Waals surface area (Å²) in [5, 5.41) is 0. The van der Waals surface area contributed by atoms with Gasteiger partial charge in [-0.3, -0.25) is 0 Å². The van der Waals surface area contributed by atoms with Crippen LogP contribution in [0, 0.1) is 29.6 Å². The number of hydrogen-bond acceptors (Lipinski definition) is 3. The number of terminal acetylenes is 1. The highest BCUT2D eigenvalue weighted by Crippen LogP contribution is 2.57. The highest BCUT2D eigenvalue weighted by molar-refractivity contribution is 5.35. The minimum atomic E-state index is -1.02. The highest BCUT2D eigenvalue weighted by atomic mass is 16.9. The molecule has 3 aliphatic heterocycles. The van der Waals surface area contributed by atoms with Crippen molar-refractivity contribution in [3.8, 4) is 12.3 Å². The fourth-order valence-corrected chi connectivity index (χ4v) is 3.48. The molecule has 104 valence electrons. The molecule has 4 fully saturated rings. The van der Waals surface area contributed by atoms with E-state index in [4.69, 9.17) is 20.6 Å². The molecule has 0 aromatic heterocycles. The Morgan fingerprint density at radius 2 is 1.65 bits per heavy atom. The summed E-state index contributed by atoms with van der Waals surface area (Å²) in [5.74, 6) is 3.04. The highest BCUT2D eigenvalue weighted by Gasteiger charge is 2.61. The summed E-state index contributed by atoms with van der Waals surface area (Å²) in [6.45, 7) is 4.45. The van der Waals surface area contributed by atoms with Crippen molar-refractivity contribution in [3.63, 3.8) is 0 Å². The van der Waals surface area contributed by atoms with E-state index in [1.165, 1.54) is 6.42 Å². The third-order valence-corrected chi connectivity index (χ3v) is 4.95. The van der Waals surface area contributed by atoms with E-state index in [1.54, 1.807) is 0 Å². The SMILES string of the molecule is C#Cc1ccc(C23OCC(C4CC4C)(CO2)CO3)cc1. The van der Waals surface area contributed by atoms with E-state index in [0.717, 1.165) is 36.9 Å². The molecule has 1 saturated carbocycles. The van der Waals surface area contributed by atoms with Crippen LogP contribution in [0.1, 0.15) is 24.5 Å². The Hall–Kier alpha value is -1.34. The average molecular weight is 270 g/mol. The van der Waals surface area contributed by atoms with Crippen molar-refractivity contribution < 1.29 is 14.2 Å². The molecule has 5 rings (SSSR count). The van der Waals surface area contributed by atoms with E-state index >= 15 is 0 Å². The quantitative estimate of drug-likeness (QED) is 0.773. The Balaban J connectivity index is 1.58. The van der Waals surface area contributed by atoms with Crippen LogP contribution in [0.3, 0.4) is 0 Å². The van der Waals surface area contributed by atoms with Crippen LogP contribution in [0.25, 0.3) is 0 Å². The Bertz CT molecular complexity index is 544. The Morgan fingerprint density at radius 1 is 1.10 bits per heavy atom. The lowest BCUT2D eigenvalue weighted by Gasteiger charge is -2.52. The summed E-state index contributed by atoms with van der Waals surface area (Å²) in [6, 6.07) is 7.62. The molecule has 0 radical (unpaired) electrons. The minimum Gasteiger partial charge on any atom is -0.323 e. The maximum atomic E-state index is 5.98. The maximum absolute atomic E-state index is 5.98. The molecule has 1 aliphatic carbocycles. The molecule has 0 spiro atoms. The molecule has 3 saturated heterocycles. The summed E-state index contributed by atoms with van der Waals surface area (Å²) in [7, 11) is 0. The van der Waals surface area contributed by atoms with E-state index in [1.807, 2.05) is 24.3 Å². The molecule has 3 heterocycles. The van der Waals surface area contributed by atoms with Gasteiger partial charge in [-0.2, -0.15) is 0 Å². The van der Waals surface area contributed by atoms with Crippen LogP contribution in [-0.4, -0.2) is 19.8 Å². The lowest BCUT2D eigenvalue weighted by atomic mass is 9.82. The number of benzene rings is 1. The van der Waals surface area contributed by atoms with Crippen molar-refractivity contribution in [2.24, 2.45) is 17.3 Å². The second kappa shape index (κ2) is 4.08. The number of fused-ring (bicyclic) bond motifs is 3.